The van der Waals surface area contributed by atoms with Crippen LogP contribution in [0.5, 0.6) is 0 Å². The van der Waals surface area contributed by atoms with E-state index >= 15 is 0 Å². The lowest BCUT2D eigenvalue weighted by Crippen LogP contribution is -2.20. The Hall–Kier alpha value is -0.960. The van der Waals surface area contributed by atoms with Crippen LogP contribution in [0.1, 0.15) is 5.56 Å². The number of alkyl halides is 2. The zero-order chi connectivity index (χ0) is 8.60. The van der Waals surface area contributed by atoms with E-state index in [0.717, 1.165) is 0 Å². The van der Waals surface area contributed by atoms with E-state index in [2.05, 4.69) is 4.74 Å². The lowest BCUT2D eigenvalue weighted by molar-refractivity contribution is -0.0321. The Bertz CT molecular complexity index is 267. The van der Waals surface area contributed by atoms with Crippen molar-refractivity contribution in [2.24, 2.45) is 0 Å². The summed E-state index contributed by atoms with van der Waals surface area (Å²) in [4.78, 5) is 0. The van der Waals surface area contributed by atoms with E-state index in [1.165, 1.54) is 12.1 Å². The molecule has 0 saturated carbocycles. The average molecular weight is 170 g/mol. The maximum absolute atomic E-state index is 13.2. The fourth-order valence-electron chi connectivity index (χ4n) is 1.10. The molecule has 0 amide bonds. The average Bonchev–Trinajstić information content (AvgIpc) is 2.88. The Balaban J connectivity index is 2.28. The van der Waals surface area contributed by atoms with Gasteiger partial charge in [-0.05, 0) is 0 Å². The maximum Gasteiger partial charge on any atom is 0.301 e. The fraction of sp³-hybridized carbons (Fsp3) is 0.333. The first kappa shape index (κ1) is 7.68. The maximum atomic E-state index is 13.2. The summed E-state index contributed by atoms with van der Waals surface area (Å²) in [6.45, 7) is 0.169. The molecule has 0 aromatic heterocycles. The van der Waals surface area contributed by atoms with Crippen LogP contribution in [0, 0.1) is 0 Å². The first-order valence-corrected chi connectivity index (χ1v) is 3.76. The number of epoxide rings is 1. The molecule has 1 aromatic rings. The summed E-state index contributed by atoms with van der Waals surface area (Å²) in [5.41, 5.74) is 0.0347. The summed E-state index contributed by atoms with van der Waals surface area (Å²) in [5.74, 6) is -2.82. The van der Waals surface area contributed by atoms with Crippen molar-refractivity contribution >= 4 is 0 Å². The second-order valence-corrected chi connectivity index (χ2v) is 2.81. The number of halogens is 2. The molecule has 1 nitrogen and oxygen atoms in total. The molecule has 12 heavy (non-hydrogen) atoms. The van der Waals surface area contributed by atoms with Gasteiger partial charge in [0.15, 0.2) is 0 Å². The van der Waals surface area contributed by atoms with Gasteiger partial charge in [0.1, 0.15) is 6.10 Å². The highest BCUT2D eigenvalue weighted by atomic mass is 19.3. The third kappa shape index (κ3) is 1.20. The number of ether oxygens (including phenoxy) is 1. The van der Waals surface area contributed by atoms with Gasteiger partial charge in [-0.3, -0.25) is 0 Å². The van der Waals surface area contributed by atoms with E-state index in [4.69, 9.17) is 0 Å². The lowest BCUT2D eigenvalue weighted by Gasteiger charge is -2.12. The van der Waals surface area contributed by atoms with Gasteiger partial charge in [-0.15, -0.1) is 0 Å². The van der Waals surface area contributed by atoms with E-state index in [0.29, 0.717) is 0 Å². The van der Waals surface area contributed by atoms with Crippen molar-refractivity contribution in [3.05, 3.63) is 35.9 Å². The van der Waals surface area contributed by atoms with Gasteiger partial charge >= 0.3 is 5.92 Å². The van der Waals surface area contributed by atoms with Crippen LogP contribution in [0.25, 0.3) is 0 Å². The van der Waals surface area contributed by atoms with Crippen LogP contribution < -0.4 is 0 Å². The molecule has 0 unspecified atom stereocenters. The van der Waals surface area contributed by atoms with Gasteiger partial charge in [-0.1, -0.05) is 30.3 Å². The van der Waals surface area contributed by atoms with Gasteiger partial charge in [0.05, 0.1) is 6.61 Å². The molecule has 0 bridgehead atoms. The quantitative estimate of drug-likeness (QED) is 0.620. The minimum atomic E-state index is -2.82. The lowest BCUT2D eigenvalue weighted by atomic mass is 10.1. The van der Waals surface area contributed by atoms with Crippen molar-refractivity contribution in [3.8, 4) is 0 Å². The third-order valence-corrected chi connectivity index (χ3v) is 1.90. The molecule has 1 aliphatic rings. The van der Waals surface area contributed by atoms with Crippen molar-refractivity contribution < 1.29 is 13.5 Å². The highest BCUT2D eigenvalue weighted by Gasteiger charge is 2.49. The van der Waals surface area contributed by atoms with Crippen LogP contribution in [-0.2, 0) is 10.7 Å². The van der Waals surface area contributed by atoms with E-state index in [-0.39, 0.29) is 12.2 Å². The predicted molar refractivity (Wildman–Crippen MR) is 40.1 cm³/mol. The van der Waals surface area contributed by atoms with E-state index < -0.39 is 12.0 Å². The van der Waals surface area contributed by atoms with Crippen LogP contribution >= 0.6 is 0 Å². The van der Waals surface area contributed by atoms with Gasteiger partial charge < -0.3 is 4.74 Å². The molecule has 64 valence electrons. The SMILES string of the molecule is FC(F)(c1ccccc1)[C@@H]1CO1. The van der Waals surface area contributed by atoms with Crippen LogP contribution in [0.2, 0.25) is 0 Å². The van der Waals surface area contributed by atoms with Gasteiger partial charge in [-0.25, -0.2) is 0 Å². The number of hydrogen-bond acceptors (Lipinski definition) is 1. The Kier molecular flexibility index (Phi) is 1.61. The van der Waals surface area contributed by atoms with Gasteiger partial charge in [0.25, 0.3) is 0 Å². The fourth-order valence-corrected chi connectivity index (χ4v) is 1.10. The summed E-state index contributed by atoms with van der Waals surface area (Å²) >= 11 is 0. The second kappa shape index (κ2) is 2.52. The Morgan fingerprint density at radius 3 is 2.33 bits per heavy atom. The molecule has 1 aromatic carbocycles. The molecule has 0 spiro atoms. The molecule has 0 radical (unpaired) electrons. The zero-order valence-electron chi connectivity index (χ0n) is 6.34. The van der Waals surface area contributed by atoms with Gasteiger partial charge in [0.2, 0.25) is 0 Å². The Morgan fingerprint density at radius 2 is 1.83 bits per heavy atom. The summed E-state index contributed by atoms with van der Waals surface area (Å²) < 4.78 is 31.0. The first-order valence-electron chi connectivity index (χ1n) is 3.76. The van der Waals surface area contributed by atoms with Crippen molar-refractivity contribution in [2.45, 2.75) is 12.0 Å². The minimum absolute atomic E-state index is 0.0347. The Labute approximate surface area is 69.0 Å². The summed E-state index contributed by atoms with van der Waals surface area (Å²) in [6.07, 6.45) is -0.903. The number of benzene rings is 1. The molecule has 3 heteroatoms. The van der Waals surface area contributed by atoms with E-state index in [1.54, 1.807) is 18.2 Å². The van der Waals surface area contributed by atoms with Crippen molar-refractivity contribution in [2.75, 3.05) is 6.61 Å². The second-order valence-electron chi connectivity index (χ2n) is 2.81. The molecule has 1 saturated heterocycles. The predicted octanol–water partition coefficient (Wildman–Crippen LogP) is 2.18. The smallest absolute Gasteiger partial charge is 0.301 e. The van der Waals surface area contributed by atoms with Crippen molar-refractivity contribution in [3.63, 3.8) is 0 Å². The zero-order valence-corrected chi connectivity index (χ0v) is 6.34. The van der Waals surface area contributed by atoms with Crippen molar-refractivity contribution in [1.82, 2.24) is 0 Å². The highest BCUT2D eigenvalue weighted by Crippen LogP contribution is 2.39. The normalized spacial score (nSPS) is 22.3. The first-order chi connectivity index (χ1) is 5.71. The van der Waals surface area contributed by atoms with Crippen LogP contribution in [-0.4, -0.2) is 12.7 Å². The molecule has 0 aliphatic carbocycles. The molecular weight excluding hydrogens is 162 g/mol. The standard InChI is InChI=1S/C9H8F2O/c10-9(11,8-6-12-8)7-4-2-1-3-5-7/h1-5,8H,6H2/t8-/m0/s1. The topological polar surface area (TPSA) is 12.5 Å². The van der Waals surface area contributed by atoms with Crippen LogP contribution in [0.4, 0.5) is 8.78 Å². The highest BCUT2D eigenvalue weighted by molar-refractivity contribution is 5.22. The monoisotopic (exact) mass is 170 g/mol. The molecule has 0 N–H and O–H groups in total. The van der Waals surface area contributed by atoms with Gasteiger partial charge in [-0.2, -0.15) is 8.78 Å². The van der Waals surface area contributed by atoms with Crippen LogP contribution in [0.3, 0.4) is 0 Å². The Morgan fingerprint density at radius 1 is 1.25 bits per heavy atom. The van der Waals surface area contributed by atoms with Crippen LogP contribution in [0.15, 0.2) is 30.3 Å². The third-order valence-electron chi connectivity index (χ3n) is 1.90. The molecule has 1 heterocycles. The molecule has 1 fully saturated rings. The molecular formula is C9H8F2O. The number of rotatable bonds is 2. The van der Waals surface area contributed by atoms with E-state index in [1.807, 2.05) is 0 Å². The number of hydrogen-bond donors (Lipinski definition) is 0. The summed E-state index contributed by atoms with van der Waals surface area (Å²) in [6, 6.07) is 7.76. The molecule has 2 rings (SSSR count). The summed E-state index contributed by atoms with van der Waals surface area (Å²) in [7, 11) is 0. The summed E-state index contributed by atoms with van der Waals surface area (Å²) in [5, 5.41) is 0. The van der Waals surface area contributed by atoms with Crippen molar-refractivity contribution in [1.29, 1.82) is 0 Å². The van der Waals surface area contributed by atoms with E-state index in [9.17, 15) is 8.78 Å². The van der Waals surface area contributed by atoms with Gasteiger partial charge in [0, 0.05) is 5.56 Å². The minimum Gasteiger partial charge on any atom is -0.366 e. The molecule has 1 aliphatic heterocycles. The molecule has 1 atom stereocenters. The largest absolute Gasteiger partial charge is 0.366 e.